The van der Waals surface area contributed by atoms with E-state index in [1.165, 1.54) is 29.5 Å². The number of carboxylic acid groups (broad SMARTS) is 1. The Hall–Kier alpha value is -2.41. The number of thiophene rings is 1. The van der Waals surface area contributed by atoms with Gasteiger partial charge in [0.15, 0.2) is 18.2 Å². The number of hydrogen-bond donors (Lipinski definition) is 2. The van der Waals surface area contributed by atoms with Gasteiger partial charge in [0.25, 0.3) is 5.91 Å². The Morgan fingerprint density at radius 1 is 1.35 bits per heavy atom. The van der Waals surface area contributed by atoms with Crippen molar-refractivity contribution in [3.05, 3.63) is 46.1 Å². The predicted octanol–water partition coefficient (Wildman–Crippen LogP) is 3.47. The molecule has 0 atom stereocenters. The van der Waals surface area contributed by atoms with Gasteiger partial charge in [-0.2, -0.15) is 0 Å². The molecule has 2 aromatic rings. The number of carbonyl (C=O) groups is 2. The molecule has 23 heavy (non-hydrogen) atoms. The van der Waals surface area contributed by atoms with Gasteiger partial charge in [0.2, 0.25) is 0 Å². The molecule has 0 bridgehead atoms. The highest BCUT2D eigenvalue weighted by atomic mass is 32.1. The molecule has 2 N–H and O–H groups in total. The third kappa shape index (κ3) is 3.87. The van der Waals surface area contributed by atoms with Gasteiger partial charge in [-0.05, 0) is 31.0 Å². The maximum Gasteiger partial charge on any atom is 0.339 e. The van der Waals surface area contributed by atoms with Gasteiger partial charge >= 0.3 is 5.97 Å². The van der Waals surface area contributed by atoms with E-state index in [1.807, 2.05) is 6.92 Å². The van der Waals surface area contributed by atoms with E-state index in [0.29, 0.717) is 12.0 Å². The number of benzene rings is 1. The fraction of sp³-hybridized carbons (Fsp3) is 0.250. The third-order valence-electron chi connectivity index (χ3n) is 3.22. The van der Waals surface area contributed by atoms with Crippen LogP contribution < -0.4 is 10.1 Å². The Labute approximate surface area is 136 Å². The van der Waals surface area contributed by atoms with Crippen molar-refractivity contribution < 1.29 is 23.8 Å². The van der Waals surface area contributed by atoms with Crippen LogP contribution in [0.1, 0.15) is 27.7 Å². The van der Waals surface area contributed by atoms with E-state index in [2.05, 4.69) is 5.32 Å². The largest absolute Gasteiger partial charge is 0.481 e. The fourth-order valence-corrected chi connectivity index (χ4v) is 3.34. The van der Waals surface area contributed by atoms with Gasteiger partial charge in [-0.1, -0.05) is 19.1 Å². The molecule has 122 valence electrons. The van der Waals surface area contributed by atoms with Gasteiger partial charge in [-0.15, -0.1) is 11.3 Å². The lowest BCUT2D eigenvalue weighted by Crippen LogP contribution is -2.21. The summed E-state index contributed by atoms with van der Waals surface area (Å²) in [7, 11) is 0. The number of carbonyl (C=O) groups excluding carboxylic acids is 1. The molecule has 0 saturated heterocycles. The summed E-state index contributed by atoms with van der Waals surface area (Å²) in [5.41, 5.74) is 0.807. The van der Waals surface area contributed by atoms with Crippen LogP contribution in [0.2, 0.25) is 0 Å². The van der Waals surface area contributed by atoms with Gasteiger partial charge in [0.05, 0.1) is 5.56 Å². The third-order valence-corrected chi connectivity index (χ3v) is 4.29. The molecule has 1 aromatic carbocycles. The molecule has 0 spiro atoms. The molecular weight excluding hydrogens is 321 g/mol. The smallest absolute Gasteiger partial charge is 0.339 e. The molecule has 1 amide bonds. The normalized spacial score (nSPS) is 10.4. The number of nitrogens with one attached hydrogen (secondary N) is 1. The van der Waals surface area contributed by atoms with Crippen LogP contribution in [-0.2, 0) is 11.2 Å². The molecule has 0 aliphatic rings. The Morgan fingerprint density at radius 2 is 2.04 bits per heavy atom. The Kier molecular flexibility index (Phi) is 5.33. The van der Waals surface area contributed by atoms with Gasteiger partial charge in [0, 0.05) is 4.88 Å². The second-order valence-electron chi connectivity index (χ2n) is 4.77. The Bertz CT molecular complexity index is 742. The Morgan fingerprint density at radius 3 is 2.65 bits per heavy atom. The Balaban J connectivity index is 2.09. The van der Waals surface area contributed by atoms with Crippen LogP contribution in [0, 0.1) is 12.7 Å². The fourth-order valence-electron chi connectivity index (χ4n) is 2.19. The highest BCUT2D eigenvalue weighted by molar-refractivity contribution is 7.16. The van der Waals surface area contributed by atoms with Crippen LogP contribution in [0.25, 0.3) is 0 Å². The van der Waals surface area contributed by atoms with Crippen molar-refractivity contribution in [2.45, 2.75) is 20.3 Å². The second kappa shape index (κ2) is 7.23. The zero-order valence-electron chi connectivity index (χ0n) is 12.7. The first-order valence-corrected chi connectivity index (χ1v) is 7.78. The molecule has 7 heteroatoms. The van der Waals surface area contributed by atoms with E-state index in [4.69, 9.17) is 4.74 Å². The first-order chi connectivity index (χ1) is 10.9. The van der Waals surface area contributed by atoms with Crippen LogP contribution in [0.3, 0.4) is 0 Å². The maximum atomic E-state index is 13.4. The average Bonchev–Trinajstić information content (AvgIpc) is 2.81. The predicted molar refractivity (Wildman–Crippen MR) is 85.9 cm³/mol. The van der Waals surface area contributed by atoms with E-state index in [0.717, 1.165) is 4.88 Å². The van der Waals surface area contributed by atoms with Crippen LogP contribution in [0.5, 0.6) is 5.75 Å². The van der Waals surface area contributed by atoms with Crippen LogP contribution >= 0.6 is 11.3 Å². The van der Waals surface area contributed by atoms with E-state index in [-0.39, 0.29) is 16.3 Å². The minimum Gasteiger partial charge on any atom is -0.481 e. The summed E-state index contributed by atoms with van der Waals surface area (Å²) in [4.78, 5) is 24.2. The summed E-state index contributed by atoms with van der Waals surface area (Å²) in [6.45, 7) is 3.26. The van der Waals surface area contributed by atoms with Crippen molar-refractivity contribution in [3.8, 4) is 5.75 Å². The number of hydrogen-bond acceptors (Lipinski definition) is 4. The number of aromatic carboxylic acids is 1. The lowest BCUT2D eigenvalue weighted by Gasteiger charge is -2.08. The molecular formula is C16H16FNO4S. The zero-order chi connectivity index (χ0) is 17.0. The van der Waals surface area contributed by atoms with Crippen LogP contribution in [0.4, 0.5) is 9.39 Å². The van der Waals surface area contributed by atoms with Crippen molar-refractivity contribution in [1.82, 2.24) is 0 Å². The summed E-state index contributed by atoms with van der Waals surface area (Å²) in [6, 6.07) is 5.75. The van der Waals surface area contributed by atoms with Crippen LogP contribution in [0.15, 0.2) is 24.3 Å². The summed E-state index contributed by atoms with van der Waals surface area (Å²) in [6.07, 6.45) is 0.561. The highest BCUT2D eigenvalue weighted by Crippen LogP contribution is 2.33. The number of halogens is 1. The number of amides is 1. The second-order valence-corrected chi connectivity index (χ2v) is 5.99. The molecule has 5 nitrogen and oxygen atoms in total. The highest BCUT2D eigenvalue weighted by Gasteiger charge is 2.22. The van der Waals surface area contributed by atoms with E-state index in [1.54, 1.807) is 13.0 Å². The lowest BCUT2D eigenvalue weighted by molar-refractivity contribution is -0.118. The number of ether oxygens (including phenoxy) is 1. The molecule has 0 fully saturated rings. The number of rotatable bonds is 6. The van der Waals surface area contributed by atoms with Gasteiger partial charge in [-0.25, -0.2) is 9.18 Å². The monoisotopic (exact) mass is 337 g/mol. The molecule has 0 aliphatic carbocycles. The summed E-state index contributed by atoms with van der Waals surface area (Å²) in [5, 5.41) is 12.1. The van der Waals surface area contributed by atoms with Gasteiger partial charge in [-0.3, -0.25) is 4.79 Å². The molecule has 2 rings (SSSR count). The van der Waals surface area contributed by atoms with E-state index < -0.39 is 24.3 Å². The first-order valence-electron chi connectivity index (χ1n) is 6.96. The summed E-state index contributed by atoms with van der Waals surface area (Å²) >= 11 is 1.20. The SMILES string of the molecule is CCc1c(C)sc(NC(=O)COc2ccccc2F)c1C(=O)O. The molecule has 1 aromatic heterocycles. The minimum absolute atomic E-state index is 0.0299. The van der Waals surface area contributed by atoms with Crippen molar-refractivity contribution >= 4 is 28.2 Å². The number of carboxylic acids is 1. The lowest BCUT2D eigenvalue weighted by atomic mass is 10.1. The van der Waals surface area contributed by atoms with Crippen LogP contribution in [-0.4, -0.2) is 23.6 Å². The number of anilines is 1. The average molecular weight is 337 g/mol. The zero-order valence-corrected chi connectivity index (χ0v) is 13.5. The number of aryl methyl sites for hydroxylation is 1. The molecule has 0 unspecified atom stereocenters. The first kappa shape index (κ1) is 17.0. The van der Waals surface area contributed by atoms with Crippen molar-refractivity contribution in [1.29, 1.82) is 0 Å². The topological polar surface area (TPSA) is 75.6 Å². The number of para-hydroxylation sites is 1. The van der Waals surface area contributed by atoms with E-state index >= 15 is 0 Å². The standard InChI is InChI=1S/C16H16FNO4S/c1-3-10-9(2)23-15(14(10)16(20)21)18-13(19)8-22-12-7-5-4-6-11(12)17/h4-7H,3,8H2,1-2H3,(H,18,19)(H,20,21). The molecule has 0 radical (unpaired) electrons. The van der Waals surface area contributed by atoms with Crippen molar-refractivity contribution in [2.75, 3.05) is 11.9 Å². The summed E-state index contributed by atoms with van der Waals surface area (Å²) < 4.78 is 18.5. The molecule has 0 aliphatic heterocycles. The van der Waals surface area contributed by atoms with Gasteiger partial charge in [0.1, 0.15) is 5.00 Å². The summed E-state index contributed by atoms with van der Waals surface area (Å²) in [5.74, 6) is -2.22. The molecule has 0 saturated carbocycles. The van der Waals surface area contributed by atoms with Crippen molar-refractivity contribution in [3.63, 3.8) is 0 Å². The quantitative estimate of drug-likeness (QED) is 0.846. The molecule has 1 heterocycles. The van der Waals surface area contributed by atoms with Gasteiger partial charge < -0.3 is 15.2 Å². The maximum absolute atomic E-state index is 13.4. The minimum atomic E-state index is -1.09. The van der Waals surface area contributed by atoms with E-state index in [9.17, 15) is 19.1 Å². The van der Waals surface area contributed by atoms with Crippen molar-refractivity contribution in [2.24, 2.45) is 0 Å².